The van der Waals surface area contributed by atoms with E-state index in [0.717, 1.165) is 12.5 Å². The Bertz CT molecular complexity index is 49.2. The first kappa shape index (κ1) is 10.3. The molecule has 0 aliphatic rings. The fourth-order valence-electron chi connectivity index (χ4n) is 0.773. The lowest BCUT2D eigenvalue weighted by atomic mass is 10.2. The lowest BCUT2D eigenvalue weighted by molar-refractivity contribution is 0.177. The van der Waals surface area contributed by atoms with Crippen LogP contribution in [0.4, 0.5) is 0 Å². The number of hydrogen-bond donors (Lipinski definition) is 0. The van der Waals surface area contributed by atoms with Crippen LogP contribution >= 0.6 is 11.8 Å². The smallest absolute Gasteiger partial charge is 0.0918 e. The Morgan fingerprint density at radius 1 is 1.20 bits per heavy atom. The van der Waals surface area contributed by atoms with Crippen molar-refractivity contribution in [3.63, 3.8) is 0 Å². The van der Waals surface area contributed by atoms with E-state index in [1.165, 1.54) is 25.7 Å². The predicted molar refractivity (Wildman–Crippen MR) is 48.5 cm³/mol. The minimum atomic E-state index is 0.853. The van der Waals surface area contributed by atoms with E-state index in [9.17, 15) is 0 Å². The van der Waals surface area contributed by atoms with Gasteiger partial charge in [0.1, 0.15) is 0 Å². The fourth-order valence-corrected chi connectivity index (χ4v) is 1.06. The number of hydrogen-bond acceptors (Lipinski definition) is 2. The van der Waals surface area contributed by atoms with Gasteiger partial charge in [-0.15, -0.1) is 11.8 Å². The Morgan fingerprint density at radius 3 is 2.60 bits per heavy atom. The van der Waals surface area contributed by atoms with Gasteiger partial charge in [0.25, 0.3) is 0 Å². The highest BCUT2D eigenvalue weighted by Crippen LogP contribution is 2.00. The molecule has 0 aliphatic heterocycles. The molecule has 0 aromatic rings. The molecule has 2 heteroatoms. The molecule has 10 heavy (non-hydrogen) atoms. The zero-order valence-corrected chi connectivity index (χ0v) is 7.88. The lowest BCUT2D eigenvalue weighted by Gasteiger charge is -2.00. The molecule has 62 valence electrons. The number of unbranched alkanes of at least 4 members (excludes halogenated alkanes) is 3. The van der Waals surface area contributed by atoms with Gasteiger partial charge in [-0.3, -0.25) is 0 Å². The van der Waals surface area contributed by atoms with Crippen LogP contribution < -0.4 is 0 Å². The summed E-state index contributed by atoms with van der Waals surface area (Å²) in [5.74, 6) is 0.853. The molecule has 0 spiro atoms. The molecule has 0 aliphatic carbocycles. The van der Waals surface area contributed by atoms with Crippen molar-refractivity contribution in [2.24, 2.45) is 0 Å². The first-order valence-corrected chi connectivity index (χ1v) is 5.38. The van der Waals surface area contributed by atoms with Crippen molar-refractivity contribution in [1.82, 2.24) is 0 Å². The Balaban J connectivity index is 2.65. The maximum atomic E-state index is 5.29. The number of rotatable bonds is 7. The van der Waals surface area contributed by atoms with Crippen molar-refractivity contribution in [3.05, 3.63) is 0 Å². The average Bonchev–Trinajstić information content (AvgIpc) is 1.97. The number of ether oxygens (including phenoxy) is 1. The van der Waals surface area contributed by atoms with Gasteiger partial charge in [0.2, 0.25) is 0 Å². The second kappa shape index (κ2) is 9.31. The van der Waals surface area contributed by atoms with Crippen LogP contribution in [0, 0.1) is 0 Å². The topological polar surface area (TPSA) is 9.23 Å². The third-order valence-electron chi connectivity index (χ3n) is 1.34. The second-order valence-corrected chi connectivity index (χ2v) is 3.19. The van der Waals surface area contributed by atoms with Crippen LogP contribution in [0.5, 0.6) is 0 Å². The standard InChI is InChI=1S/C8H18OS/c1-3-4-5-6-7-9-8-10-2/h3-8H2,1-2H3. The van der Waals surface area contributed by atoms with Gasteiger partial charge in [0.15, 0.2) is 0 Å². The highest BCUT2D eigenvalue weighted by Gasteiger charge is 1.86. The van der Waals surface area contributed by atoms with Crippen LogP contribution in [-0.2, 0) is 4.74 Å². The molecule has 0 radical (unpaired) electrons. The van der Waals surface area contributed by atoms with Crippen molar-refractivity contribution >= 4 is 11.8 Å². The highest BCUT2D eigenvalue weighted by atomic mass is 32.2. The van der Waals surface area contributed by atoms with E-state index in [1.807, 2.05) is 0 Å². The first-order chi connectivity index (χ1) is 4.91. The van der Waals surface area contributed by atoms with Gasteiger partial charge in [-0.1, -0.05) is 26.2 Å². The highest BCUT2D eigenvalue weighted by molar-refractivity contribution is 7.98. The summed E-state index contributed by atoms with van der Waals surface area (Å²) < 4.78 is 5.29. The van der Waals surface area contributed by atoms with Gasteiger partial charge in [-0.25, -0.2) is 0 Å². The molecule has 0 amide bonds. The summed E-state index contributed by atoms with van der Waals surface area (Å²) in [6, 6.07) is 0. The lowest BCUT2D eigenvalue weighted by Crippen LogP contribution is -1.92. The van der Waals surface area contributed by atoms with Crippen LogP contribution in [0.2, 0.25) is 0 Å². The molecule has 0 saturated carbocycles. The van der Waals surface area contributed by atoms with Gasteiger partial charge in [0.05, 0.1) is 5.94 Å². The van der Waals surface area contributed by atoms with Gasteiger partial charge >= 0.3 is 0 Å². The van der Waals surface area contributed by atoms with E-state index in [1.54, 1.807) is 11.8 Å². The first-order valence-electron chi connectivity index (χ1n) is 3.98. The largest absolute Gasteiger partial charge is 0.371 e. The van der Waals surface area contributed by atoms with E-state index < -0.39 is 0 Å². The maximum absolute atomic E-state index is 5.29. The van der Waals surface area contributed by atoms with Crippen LogP contribution in [0.15, 0.2) is 0 Å². The minimum absolute atomic E-state index is 0.853. The molecular weight excluding hydrogens is 144 g/mol. The maximum Gasteiger partial charge on any atom is 0.0918 e. The average molecular weight is 162 g/mol. The molecule has 0 heterocycles. The van der Waals surface area contributed by atoms with Gasteiger partial charge in [-0.05, 0) is 12.7 Å². The van der Waals surface area contributed by atoms with Crippen LogP contribution in [-0.4, -0.2) is 18.8 Å². The summed E-state index contributed by atoms with van der Waals surface area (Å²) in [4.78, 5) is 0. The van der Waals surface area contributed by atoms with Gasteiger partial charge < -0.3 is 4.74 Å². The van der Waals surface area contributed by atoms with Crippen molar-refractivity contribution < 1.29 is 4.74 Å². The summed E-state index contributed by atoms with van der Waals surface area (Å²) >= 11 is 1.74. The molecule has 0 bridgehead atoms. The van der Waals surface area contributed by atoms with Crippen molar-refractivity contribution in [3.8, 4) is 0 Å². The normalized spacial score (nSPS) is 10.2. The van der Waals surface area contributed by atoms with E-state index >= 15 is 0 Å². The molecule has 0 saturated heterocycles. The Labute approximate surface area is 68.5 Å². The summed E-state index contributed by atoms with van der Waals surface area (Å²) in [5, 5.41) is 0. The third-order valence-corrected chi connectivity index (χ3v) is 1.75. The van der Waals surface area contributed by atoms with Crippen LogP contribution in [0.1, 0.15) is 32.6 Å². The van der Waals surface area contributed by atoms with Gasteiger partial charge in [-0.2, -0.15) is 0 Å². The zero-order chi connectivity index (χ0) is 7.66. The molecule has 0 unspecified atom stereocenters. The van der Waals surface area contributed by atoms with E-state index in [-0.39, 0.29) is 0 Å². The van der Waals surface area contributed by atoms with E-state index in [2.05, 4.69) is 13.2 Å². The van der Waals surface area contributed by atoms with Crippen molar-refractivity contribution in [1.29, 1.82) is 0 Å². The van der Waals surface area contributed by atoms with Crippen LogP contribution in [0.25, 0.3) is 0 Å². The number of thioether (sulfide) groups is 1. The van der Waals surface area contributed by atoms with Crippen LogP contribution in [0.3, 0.4) is 0 Å². The molecule has 1 nitrogen and oxygen atoms in total. The van der Waals surface area contributed by atoms with E-state index in [0.29, 0.717) is 0 Å². The third kappa shape index (κ3) is 8.31. The molecule has 0 aromatic carbocycles. The van der Waals surface area contributed by atoms with Gasteiger partial charge in [0, 0.05) is 6.61 Å². The summed E-state index contributed by atoms with van der Waals surface area (Å²) in [6.07, 6.45) is 7.27. The monoisotopic (exact) mass is 162 g/mol. The molecule has 0 atom stereocenters. The molecule has 0 aromatic heterocycles. The molecule has 0 rings (SSSR count). The SMILES string of the molecule is CCCCCCOCSC. The Kier molecular flexibility index (Phi) is 9.60. The zero-order valence-electron chi connectivity index (χ0n) is 7.06. The summed E-state index contributed by atoms with van der Waals surface area (Å²) in [5.41, 5.74) is 0. The Hall–Kier alpha value is 0.310. The van der Waals surface area contributed by atoms with E-state index in [4.69, 9.17) is 4.74 Å². The van der Waals surface area contributed by atoms with Crippen molar-refractivity contribution in [2.75, 3.05) is 18.8 Å². The predicted octanol–water partition coefficient (Wildman–Crippen LogP) is 2.90. The fraction of sp³-hybridized carbons (Fsp3) is 1.00. The quantitative estimate of drug-likeness (QED) is 0.420. The molecular formula is C8H18OS. The van der Waals surface area contributed by atoms with Crippen molar-refractivity contribution in [2.45, 2.75) is 32.6 Å². The second-order valence-electron chi connectivity index (χ2n) is 2.38. The molecule has 0 fully saturated rings. The Morgan fingerprint density at radius 2 is 2.00 bits per heavy atom. The minimum Gasteiger partial charge on any atom is -0.371 e. The molecule has 0 N–H and O–H groups in total. The summed E-state index contributed by atoms with van der Waals surface area (Å²) in [6.45, 7) is 3.17. The summed E-state index contributed by atoms with van der Waals surface area (Å²) in [7, 11) is 0.